The summed E-state index contributed by atoms with van der Waals surface area (Å²) >= 11 is 0. The minimum absolute atomic E-state index is 0.00815. The predicted molar refractivity (Wildman–Crippen MR) is 389 cm³/mol. The van der Waals surface area contributed by atoms with E-state index in [1.807, 2.05) is 0 Å². The molecule has 520 valence electrons. The molecule has 0 saturated heterocycles. The standard InChI is InChI=1S/C82H157NO5/c1-3-5-7-9-11-13-15-17-18-19-20-21-35-38-41-44-47-51-54-58-62-66-70-74-80(85)79(78-84)83-81(86)75-71-67-63-59-55-52-48-45-42-39-36-33-31-29-27-25-23-22-24-26-28-30-32-34-37-40-43-46-49-53-57-61-65-69-73-77-88-82(87)76-72-68-64-60-56-50-16-14-12-10-8-6-4-2/h14,16,24,26,30,32,79-80,84-85H,3-13,15,17-23,25,27-29,31,33-78H2,1-2H3,(H,83,86)/b16-14-,26-24-,32-30-. The Kier molecular flexibility index (Phi) is 75.8. The van der Waals surface area contributed by atoms with Crippen molar-refractivity contribution < 1.29 is 24.5 Å². The molecule has 88 heavy (non-hydrogen) atoms. The van der Waals surface area contributed by atoms with Crippen LogP contribution in [0.2, 0.25) is 0 Å². The lowest BCUT2D eigenvalue weighted by Gasteiger charge is -2.22. The topological polar surface area (TPSA) is 95.9 Å². The van der Waals surface area contributed by atoms with E-state index in [-0.39, 0.29) is 18.5 Å². The number of ether oxygens (including phenoxy) is 1. The Labute approximate surface area is 551 Å². The van der Waals surface area contributed by atoms with Crippen LogP contribution in [0.1, 0.15) is 450 Å². The quantitative estimate of drug-likeness (QED) is 0.0320. The maximum atomic E-state index is 12.6. The maximum Gasteiger partial charge on any atom is 0.305 e. The summed E-state index contributed by atoms with van der Waals surface area (Å²) in [6.45, 7) is 4.98. The van der Waals surface area contributed by atoms with Crippen molar-refractivity contribution in [3.63, 3.8) is 0 Å². The first-order valence-corrected chi connectivity index (χ1v) is 40.2. The van der Waals surface area contributed by atoms with Gasteiger partial charge in [-0.3, -0.25) is 9.59 Å². The zero-order chi connectivity index (χ0) is 63.5. The fourth-order valence-electron chi connectivity index (χ4n) is 12.8. The average molecular weight is 1240 g/mol. The summed E-state index contributed by atoms with van der Waals surface area (Å²) in [5, 5.41) is 23.5. The molecule has 0 aliphatic heterocycles. The lowest BCUT2D eigenvalue weighted by Crippen LogP contribution is -2.45. The van der Waals surface area contributed by atoms with Gasteiger partial charge in [0.2, 0.25) is 5.91 Å². The predicted octanol–water partition coefficient (Wildman–Crippen LogP) is 26.6. The second-order valence-electron chi connectivity index (χ2n) is 27.7. The first-order chi connectivity index (χ1) is 43.5. The summed E-state index contributed by atoms with van der Waals surface area (Å²) in [7, 11) is 0. The number of esters is 1. The molecule has 0 aromatic carbocycles. The number of nitrogens with one attached hydrogen (secondary N) is 1. The van der Waals surface area contributed by atoms with Crippen molar-refractivity contribution in [1.29, 1.82) is 0 Å². The second-order valence-corrected chi connectivity index (χ2v) is 27.7. The van der Waals surface area contributed by atoms with E-state index in [1.165, 1.54) is 366 Å². The fraction of sp³-hybridized carbons (Fsp3) is 0.902. The molecule has 0 heterocycles. The van der Waals surface area contributed by atoms with Crippen LogP contribution in [-0.2, 0) is 14.3 Å². The van der Waals surface area contributed by atoms with Crippen LogP contribution in [0.3, 0.4) is 0 Å². The van der Waals surface area contributed by atoms with Gasteiger partial charge in [0, 0.05) is 12.8 Å². The number of allylic oxidation sites excluding steroid dienone is 6. The molecule has 0 bridgehead atoms. The number of carbonyl (C=O) groups excluding carboxylic acids is 2. The van der Waals surface area contributed by atoms with Gasteiger partial charge in [0.1, 0.15) is 0 Å². The molecule has 0 aliphatic rings. The summed E-state index contributed by atoms with van der Waals surface area (Å²) in [5.74, 6) is -0.0191. The summed E-state index contributed by atoms with van der Waals surface area (Å²) in [6, 6.07) is -0.541. The van der Waals surface area contributed by atoms with E-state index in [0.29, 0.717) is 25.9 Å². The molecule has 0 rings (SSSR count). The summed E-state index contributed by atoms with van der Waals surface area (Å²) < 4.78 is 5.48. The van der Waals surface area contributed by atoms with Crippen molar-refractivity contribution >= 4 is 11.9 Å². The van der Waals surface area contributed by atoms with Gasteiger partial charge < -0.3 is 20.3 Å². The van der Waals surface area contributed by atoms with E-state index in [9.17, 15) is 19.8 Å². The first kappa shape index (κ1) is 86.1. The highest BCUT2D eigenvalue weighted by atomic mass is 16.5. The summed E-state index contributed by atoms with van der Waals surface area (Å²) in [4.78, 5) is 24.6. The highest BCUT2D eigenvalue weighted by Gasteiger charge is 2.20. The van der Waals surface area contributed by atoms with E-state index < -0.39 is 12.1 Å². The summed E-state index contributed by atoms with van der Waals surface area (Å²) in [6.07, 6.45) is 101. The molecule has 0 aliphatic carbocycles. The van der Waals surface area contributed by atoms with Crippen LogP contribution in [0.15, 0.2) is 36.5 Å². The van der Waals surface area contributed by atoms with Crippen LogP contribution in [0.4, 0.5) is 0 Å². The molecule has 0 saturated carbocycles. The number of aliphatic hydroxyl groups is 2. The molecule has 0 radical (unpaired) electrons. The van der Waals surface area contributed by atoms with Crippen molar-refractivity contribution in [3.05, 3.63) is 36.5 Å². The minimum Gasteiger partial charge on any atom is -0.466 e. The molecular formula is C82H157NO5. The van der Waals surface area contributed by atoms with Crippen LogP contribution >= 0.6 is 0 Å². The Morgan fingerprint density at radius 2 is 0.568 bits per heavy atom. The average Bonchev–Trinajstić information content (AvgIpc) is 3.53. The van der Waals surface area contributed by atoms with Crippen LogP contribution in [0.5, 0.6) is 0 Å². The van der Waals surface area contributed by atoms with Gasteiger partial charge >= 0.3 is 5.97 Å². The molecule has 0 aromatic rings. The van der Waals surface area contributed by atoms with Gasteiger partial charge in [-0.25, -0.2) is 0 Å². The van der Waals surface area contributed by atoms with Crippen LogP contribution in [-0.4, -0.2) is 47.4 Å². The van der Waals surface area contributed by atoms with Crippen molar-refractivity contribution in [2.75, 3.05) is 13.2 Å². The maximum absolute atomic E-state index is 12.6. The normalized spacial score (nSPS) is 12.6. The third-order valence-corrected chi connectivity index (χ3v) is 18.9. The van der Waals surface area contributed by atoms with Gasteiger partial charge in [0.25, 0.3) is 0 Å². The third-order valence-electron chi connectivity index (χ3n) is 18.9. The Hall–Kier alpha value is -1.92. The van der Waals surface area contributed by atoms with Crippen molar-refractivity contribution in [3.8, 4) is 0 Å². The Bertz CT molecular complexity index is 1430. The lowest BCUT2D eigenvalue weighted by molar-refractivity contribution is -0.143. The molecule has 6 heteroatoms. The van der Waals surface area contributed by atoms with E-state index in [0.717, 1.165) is 51.4 Å². The molecule has 2 unspecified atom stereocenters. The van der Waals surface area contributed by atoms with E-state index >= 15 is 0 Å². The number of hydrogen-bond acceptors (Lipinski definition) is 5. The lowest BCUT2D eigenvalue weighted by atomic mass is 10.0. The number of aliphatic hydroxyl groups excluding tert-OH is 2. The number of carbonyl (C=O) groups is 2. The Morgan fingerprint density at radius 3 is 0.886 bits per heavy atom. The number of rotatable bonds is 76. The van der Waals surface area contributed by atoms with E-state index in [1.54, 1.807) is 0 Å². The van der Waals surface area contributed by atoms with Gasteiger partial charge in [-0.05, 0) is 83.5 Å². The molecule has 3 N–H and O–H groups in total. The van der Waals surface area contributed by atoms with Crippen molar-refractivity contribution in [2.24, 2.45) is 0 Å². The van der Waals surface area contributed by atoms with Gasteiger partial charge in [0.05, 0.1) is 25.4 Å². The monoisotopic (exact) mass is 1240 g/mol. The van der Waals surface area contributed by atoms with Gasteiger partial charge in [0.15, 0.2) is 0 Å². The van der Waals surface area contributed by atoms with Crippen LogP contribution in [0, 0.1) is 0 Å². The SMILES string of the molecule is CCCCCC/C=C\CCCCCCCC(=O)OCCCCCCCCCCCCC/C=C\C/C=C\CCCCCCCCCCCCCCCCCCCC(=O)NC(CO)C(O)CCCCCCCCCCCCCCCCCCCCCCCCC. The van der Waals surface area contributed by atoms with Gasteiger partial charge in [-0.15, -0.1) is 0 Å². The summed E-state index contributed by atoms with van der Waals surface area (Å²) in [5.41, 5.74) is 0. The Morgan fingerprint density at radius 1 is 0.318 bits per heavy atom. The van der Waals surface area contributed by atoms with E-state index in [2.05, 4.69) is 55.6 Å². The minimum atomic E-state index is -0.664. The number of unbranched alkanes of at least 4 members (excludes halogenated alkanes) is 59. The smallest absolute Gasteiger partial charge is 0.305 e. The zero-order valence-corrected chi connectivity index (χ0v) is 59.7. The third kappa shape index (κ3) is 73.1. The molecule has 2 atom stereocenters. The van der Waals surface area contributed by atoms with Crippen molar-refractivity contribution in [1.82, 2.24) is 5.32 Å². The highest BCUT2D eigenvalue weighted by Crippen LogP contribution is 2.20. The van der Waals surface area contributed by atoms with Crippen LogP contribution in [0.25, 0.3) is 0 Å². The molecule has 1 amide bonds. The Balaban J connectivity index is 3.37. The van der Waals surface area contributed by atoms with Gasteiger partial charge in [-0.2, -0.15) is 0 Å². The fourth-order valence-corrected chi connectivity index (χ4v) is 12.8. The molecular weight excluding hydrogens is 1080 g/mol. The number of amides is 1. The second kappa shape index (κ2) is 77.5. The first-order valence-electron chi connectivity index (χ1n) is 40.2. The van der Waals surface area contributed by atoms with E-state index in [4.69, 9.17) is 4.74 Å². The molecule has 0 spiro atoms. The zero-order valence-electron chi connectivity index (χ0n) is 59.7. The van der Waals surface area contributed by atoms with Crippen molar-refractivity contribution in [2.45, 2.75) is 463 Å². The van der Waals surface area contributed by atoms with Crippen LogP contribution < -0.4 is 5.32 Å². The highest BCUT2D eigenvalue weighted by molar-refractivity contribution is 5.76. The molecule has 0 aromatic heterocycles. The molecule has 0 fully saturated rings. The number of hydrogen-bond donors (Lipinski definition) is 3. The van der Waals surface area contributed by atoms with Gasteiger partial charge in [-0.1, -0.05) is 391 Å². The largest absolute Gasteiger partial charge is 0.466 e. The molecule has 6 nitrogen and oxygen atoms in total.